The van der Waals surface area contributed by atoms with Gasteiger partial charge in [0, 0.05) is 18.2 Å². The second-order valence-corrected chi connectivity index (χ2v) is 6.23. The molecular formula is C16H13Br2NO3. The molecule has 0 aromatic heterocycles. The summed E-state index contributed by atoms with van der Waals surface area (Å²) in [5, 5.41) is 2.65. The van der Waals surface area contributed by atoms with Crippen molar-refractivity contribution in [2.45, 2.75) is 6.92 Å². The molecule has 0 aliphatic carbocycles. The van der Waals surface area contributed by atoms with Gasteiger partial charge in [-0.1, -0.05) is 6.07 Å². The maximum Gasteiger partial charge on any atom is 0.221 e. The predicted octanol–water partition coefficient (Wildman–Crippen LogP) is 4.43. The lowest BCUT2D eigenvalue weighted by atomic mass is 10.1. The maximum absolute atomic E-state index is 12.1. The van der Waals surface area contributed by atoms with Crippen molar-refractivity contribution in [1.82, 2.24) is 0 Å². The number of rotatable bonds is 5. The van der Waals surface area contributed by atoms with Crippen LogP contribution in [0, 0.1) is 0 Å². The van der Waals surface area contributed by atoms with Gasteiger partial charge in [0.25, 0.3) is 0 Å². The summed E-state index contributed by atoms with van der Waals surface area (Å²) in [7, 11) is 0. The highest BCUT2D eigenvalue weighted by atomic mass is 79.9. The lowest BCUT2D eigenvalue weighted by molar-refractivity contribution is -0.114. The van der Waals surface area contributed by atoms with Crippen LogP contribution >= 0.6 is 31.9 Å². The summed E-state index contributed by atoms with van der Waals surface area (Å²) in [6.07, 6.45) is 0. The fourth-order valence-corrected chi connectivity index (χ4v) is 3.01. The van der Waals surface area contributed by atoms with Crippen LogP contribution in [0.2, 0.25) is 0 Å². The molecule has 1 N–H and O–H groups in total. The van der Waals surface area contributed by atoms with Gasteiger partial charge in [-0.15, -0.1) is 0 Å². The van der Waals surface area contributed by atoms with Crippen molar-refractivity contribution in [3.05, 3.63) is 57.0 Å². The van der Waals surface area contributed by atoms with Crippen molar-refractivity contribution in [1.29, 1.82) is 0 Å². The molecule has 0 heterocycles. The molecular weight excluding hydrogens is 414 g/mol. The summed E-state index contributed by atoms with van der Waals surface area (Å²) >= 11 is 6.76. The minimum absolute atomic E-state index is 0.0688. The molecule has 2 aromatic rings. The number of ketones is 1. The van der Waals surface area contributed by atoms with Crippen LogP contribution < -0.4 is 10.1 Å². The van der Waals surface area contributed by atoms with Crippen molar-refractivity contribution in [2.75, 3.05) is 11.9 Å². The zero-order valence-electron chi connectivity index (χ0n) is 11.7. The fraction of sp³-hybridized carbons (Fsp3) is 0.125. The molecule has 4 nitrogen and oxygen atoms in total. The molecule has 0 bridgehead atoms. The van der Waals surface area contributed by atoms with E-state index >= 15 is 0 Å². The van der Waals surface area contributed by atoms with E-state index in [-0.39, 0.29) is 18.3 Å². The number of benzene rings is 2. The third kappa shape index (κ3) is 4.42. The first kappa shape index (κ1) is 16.7. The number of Topliss-reactive ketones (excluding diaryl/α,β-unsaturated/α-hetero) is 1. The number of nitrogens with one attached hydrogen (secondary N) is 1. The van der Waals surface area contributed by atoms with Gasteiger partial charge in [-0.25, -0.2) is 0 Å². The predicted molar refractivity (Wildman–Crippen MR) is 92.4 cm³/mol. The number of anilines is 1. The average molecular weight is 427 g/mol. The number of para-hydroxylation sites is 1. The lowest BCUT2D eigenvalue weighted by Gasteiger charge is -2.10. The molecule has 0 aliphatic heterocycles. The summed E-state index contributed by atoms with van der Waals surface area (Å²) in [5.74, 6) is 0.295. The normalized spacial score (nSPS) is 10.1. The molecule has 0 fully saturated rings. The highest BCUT2D eigenvalue weighted by Crippen LogP contribution is 2.33. The molecule has 2 aromatic carbocycles. The quantitative estimate of drug-likeness (QED) is 0.719. The van der Waals surface area contributed by atoms with E-state index in [4.69, 9.17) is 4.74 Å². The van der Waals surface area contributed by atoms with Crippen LogP contribution in [0.1, 0.15) is 17.3 Å². The van der Waals surface area contributed by atoms with Gasteiger partial charge in [-0.3, -0.25) is 9.59 Å². The molecule has 0 saturated carbocycles. The highest BCUT2D eigenvalue weighted by molar-refractivity contribution is 9.11. The first-order chi connectivity index (χ1) is 10.5. The van der Waals surface area contributed by atoms with E-state index in [1.54, 1.807) is 24.3 Å². The van der Waals surface area contributed by atoms with E-state index in [2.05, 4.69) is 37.2 Å². The number of amides is 1. The Bertz CT molecular complexity index is 679. The minimum Gasteiger partial charge on any atom is -0.483 e. The van der Waals surface area contributed by atoms with Gasteiger partial charge in [-0.2, -0.15) is 0 Å². The fourth-order valence-electron chi connectivity index (χ4n) is 1.78. The van der Waals surface area contributed by atoms with Crippen molar-refractivity contribution < 1.29 is 14.3 Å². The third-order valence-electron chi connectivity index (χ3n) is 2.79. The molecule has 0 radical (unpaired) electrons. The van der Waals surface area contributed by atoms with Crippen LogP contribution in [0.5, 0.6) is 5.75 Å². The van der Waals surface area contributed by atoms with Gasteiger partial charge in [-0.05, 0) is 68.3 Å². The number of carbonyl (C=O) groups excluding carboxylic acids is 2. The van der Waals surface area contributed by atoms with Gasteiger partial charge in [0.05, 0.1) is 8.95 Å². The lowest BCUT2D eigenvalue weighted by Crippen LogP contribution is -2.12. The maximum atomic E-state index is 12.1. The molecule has 0 aliphatic rings. The topological polar surface area (TPSA) is 55.4 Å². The van der Waals surface area contributed by atoms with Gasteiger partial charge in [0.15, 0.2) is 12.4 Å². The van der Waals surface area contributed by atoms with E-state index in [9.17, 15) is 9.59 Å². The monoisotopic (exact) mass is 425 g/mol. The van der Waals surface area contributed by atoms with E-state index in [1.165, 1.54) is 6.92 Å². The van der Waals surface area contributed by atoms with E-state index in [0.717, 1.165) is 8.95 Å². The van der Waals surface area contributed by atoms with Crippen LogP contribution in [-0.2, 0) is 4.79 Å². The van der Waals surface area contributed by atoms with Crippen molar-refractivity contribution in [3.8, 4) is 5.75 Å². The molecule has 1 amide bonds. The van der Waals surface area contributed by atoms with Gasteiger partial charge >= 0.3 is 0 Å². The van der Waals surface area contributed by atoms with Gasteiger partial charge in [0.1, 0.15) is 5.75 Å². The van der Waals surface area contributed by atoms with Crippen LogP contribution in [0.3, 0.4) is 0 Å². The van der Waals surface area contributed by atoms with E-state index in [0.29, 0.717) is 17.0 Å². The standard InChI is InChI=1S/C16H13Br2NO3/c1-10(20)19-12-7-5-11(6-8-12)15(21)9-22-16-13(17)3-2-4-14(16)18/h2-8H,9H2,1H3,(H,19,20). The van der Waals surface area contributed by atoms with Crippen LogP contribution in [0.25, 0.3) is 0 Å². The first-order valence-corrected chi connectivity index (χ1v) is 8.03. The Kier molecular flexibility index (Phi) is 5.74. The van der Waals surface area contributed by atoms with Crippen LogP contribution in [-0.4, -0.2) is 18.3 Å². The Hall–Kier alpha value is -1.66. The first-order valence-electron chi connectivity index (χ1n) is 6.45. The zero-order valence-corrected chi connectivity index (χ0v) is 14.9. The zero-order chi connectivity index (χ0) is 16.1. The van der Waals surface area contributed by atoms with Crippen LogP contribution in [0.15, 0.2) is 51.4 Å². The second kappa shape index (κ2) is 7.56. The molecule has 2 rings (SSSR count). The Morgan fingerprint density at radius 2 is 1.64 bits per heavy atom. The number of hydrogen-bond donors (Lipinski definition) is 1. The SMILES string of the molecule is CC(=O)Nc1ccc(C(=O)COc2c(Br)cccc2Br)cc1. The van der Waals surface area contributed by atoms with Crippen molar-refractivity contribution in [3.63, 3.8) is 0 Å². The summed E-state index contributed by atoms with van der Waals surface area (Å²) in [4.78, 5) is 23.1. The molecule has 114 valence electrons. The van der Waals surface area contributed by atoms with E-state index in [1.807, 2.05) is 18.2 Å². The highest BCUT2D eigenvalue weighted by Gasteiger charge is 2.11. The third-order valence-corrected chi connectivity index (χ3v) is 4.04. The average Bonchev–Trinajstić information content (AvgIpc) is 2.46. The summed E-state index contributed by atoms with van der Waals surface area (Å²) in [5.41, 5.74) is 1.18. The smallest absolute Gasteiger partial charge is 0.221 e. The number of hydrogen-bond acceptors (Lipinski definition) is 3. The summed E-state index contributed by atoms with van der Waals surface area (Å²) in [6, 6.07) is 12.2. The number of halogens is 2. The Morgan fingerprint density at radius 1 is 1.05 bits per heavy atom. The van der Waals surface area contributed by atoms with Gasteiger partial charge in [0.2, 0.25) is 5.91 Å². The Balaban J connectivity index is 2.02. The van der Waals surface area contributed by atoms with Crippen molar-refractivity contribution >= 4 is 49.2 Å². The molecule has 0 saturated heterocycles. The number of ether oxygens (including phenoxy) is 1. The number of carbonyl (C=O) groups is 2. The Labute approximate surface area is 145 Å². The van der Waals surface area contributed by atoms with Crippen LogP contribution in [0.4, 0.5) is 5.69 Å². The second-order valence-electron chi connectivity index (χ2n) is 4.52. The van der Waals surface area contributed by atoms with E-state index < -0.39 is 0 Å². The van der Waals surface area contributed by atoms with Crippen molar-refractivity contribution in [2.24, 2.45) is 0 Å². The minimum atomic E-state index is -0.152. The largest absolute Gasteiger partial charge is 0.483 e. The molecule has 0 atom stereocenters. The summed E-state index contributed by atoms with van der Waals surface area (Å²) < 4.78 is 7.11. The van der Waals surface area contributed by atoms with Gasteiger partial charge < -0.3 is 10.1 Å². The molecule has 22 heavy (non-hydrogen) atoms. The Morgan fingerprint density at radius 3 is 2.18 bits per heavy atom. The molecule has 0 spiro atoms. The molecule has 6 heteroatoms. The molecule has 0 unspecified atom stereocenters. The summed E-state index contributed by atoms with van der Waals surface area (Å²) in [6.45, 7) is 1.36.